The minimum absolute atomic E-state index is 0.0466. The van der Waals surface area contributed by atoms with Gasteiger partial charge in [0.1, 0.15) is 0 Å². The minimum Gasteiger partial charge on any atom is -0.481 e. The van der Waals surface area contributed by atoms with Crippen LogP contribution in [0.5, 0.6) is 0 Å². The predicted molar refractivity (Wildman–Crippen MR) is 77.3 cm³/mol. The summed E-state index contributed by atoms with van der Waals surface area (Å²) in [6, 6.07) is -0.116. The Morgan fingerprint density at radius 1 is 1.10 bits per heavy atom. The van der Waals surface area contributed by atoms with Crippen LogP contribution >= 0.6 is 0 Å². The highest BCUT2D eigenvalue weighted by molar-refractivity contribution is 5.78. The lowest BCUT2D eigenvalue weighted by atomic mass is 9.84. The smallest absolute Gasteiger partial charge is 0.308 e. The van der Waals surface area contributed by atoms with Gasteiger partial charge in [-0.3, -0.25) is 9.59 Å². The lowest BCUT2D eigenvalue weighted by Crippen LogP contribution is -2.46. The molecule has 2 aliphatic rings. The van der Waals surface area contributed by atoms with Crippen molar-refractivity contribution in [2.24, 2.45) is 17.8 Å². The van der Waals surface area contributed by atoms with Gasteiger partial charge in [-0.05, 0) is 37.5 Å². The first-order valence-electron chi connectivity index (χ1n) is 8.15. The highest BCUT2D eigenvalue weighted by Gasteiger charge is 2.51. The summed E-state index contributed by atoms with van der Waals surface area (Å²) in [4.78, 5) is 23.3. The molecule has 4 nitrogen and oxygen atoms in total. The summed E-state index contributed by atoms with van der Waals surface area (Å²) in [6.07, 6.45) is 9.27. The number of hydrogen-bond acceptors (Lipinski definition) is 2. The Balaban J connectivity index is 1.74. The van der Waals surface area contributed by atoms with Gasteiger partial charge in [0.25, 0.3) is 0 Å². The van der Waals surface area contributed by atoms with E-state index in [9.17, 15) is 14.7 Å². The lowest BCUT2D eigenvalue weighted by molar-refractivity contribution is -0.144. The number of unbranched alkanes of at least 4 members (excludes halogenated alkanes) is 4. The largest absolute Gasteiger partial charge is 0.481 e. The molecule has 2 bridgehead atoms. The van der Waals surface area contributed by atoms with Gasteiger partial charge in [0.05, 0.1) is 5.92 Å². The molecule has 0 radical (unpaired) electrons. The summed E-state index contributed by atoms with van der Waals surface area (Å²) in [5.74, 6) is -0.356. The number of amides is 1. The van der Waals surface area contributed by atoms with E-state index in [4.69, 9.17) is 0 Å². The third-order valence-corrected chi connectivity index (χ3v) is 5.04. The standard InChI is InChI=1S/C16H27NO3/c1-2-3-4-5-6-7-13(18)17-15-12-9-8-11(10-12)14(15)16(19)20/h11-12,14-15H,2-10H2,1H3,(H,17,18)(H,19,20). The molecule has 0 aromatic carbocycles. The van der Waals surface area contributed by atoms with Gasteiger partial charge in [-0.1, -0.05) is 32.6 Å². The quantitative estimate of drug-likeness (QED) is 0.672. The molecule has 4 heteroatoms. The number of rotatable bonds is 8. The van der Waals surface area contributed by atoms with Crippen LogP contribution in [0.15, 0.2) is 0 Å². The van der Waals surface area contributed by atoms with E-state index in [1.807, 2.05) is 0 Å². The van der Waals surface area contributed by atoms with Gasteiger partial charge in [-0.25, -0.2) is 0 Å². The van der Waals surface area contributed by atoms with Gasteiger partial charge in [0.15, 0.2) is 0 Å². The molecular formula is C16H27NO3. The van der Waals surface area contributed by atoms with E-state index in [2.05, 4.69) is 12.2 Å². The predicted octanol–water partition coefficient (Wildman–Crippen LogP) is 2.96. The van der Waals surface area contributed by atoms with Crippen LogP contribution in [0.2, 0.25) is 0 Å². The Morgan fingerprint density at radius 3 is 2.50 bits per heavy atom. The van der Waals surface area contributed by atoms with E-state index in [0.29, 0.717) is 12.3 Å². The summed E-state index contributed by atoms with van der Waals surface area (Å²) in [5.41, 5.74) is 0. The molecule has 20 heavy (non-hydrogen) atoms. The van der Waals surface area contributed by atoms with Crippen molar-refractivity contribution in [3.63, 3.8) is 0 Å². The Labute approximate surface area is 121 Å². The van der Waals surface area contributed by atoms with Crippen LogP contribution in [0, 0.1) is 17.8 Å². The second-order valence-corrected chi connectivity index (χ2v) is 6.45. The second kappa shape index (κ2) is 7.09. The highest BCUT2D eigenvalue weighted by Crippen LogP contribution is 2.48. The Morgan fingerprint density at radius 2 is 1.80 bits per heavy atom. The fourth-order valence-corrected chi connectivity index (χ4v) is 4.00. The maximum Gasteiger partial charge on any atom is 0.308 e. The normalized spacial score (nSPS) is 31.4. The van der Waals surface area contributed by atoms with Crippen LogP contribution in [0.4, 0.5) is 0 Å². The summed E-state index contributed by atoms with van der Waals surface area (Å²) < 4.78 is 0. The fraction of sp³-hybridized carbons (Fsp3) is 0.875. The van der Waals surface area contributed by atoms with Crippen LogP contribution in [0.1, 0.15) is 64.7 Å². The molecule has 0 heterocycles. The molecular weight excluding hydrogens is 254 g/mol. The molecule has 2 fully saturated rings. The molecule has 0 spiro atoms. The first-order valence-corrected chi connectivity index (χ1v) is 8.15. The summed E-state index contributed by atoms with van der Waals surface area (Å²) in [7, 11) is 0. The van der Waals surface area contributed by atoms with Gasteiger partial charge in [-0.15, -0.1) is 0 Å². The zero-order chi connectivity index (χ0) is 14.5. The summed E-state index contributed by atoms with van der Waals surface area (Å²) >= 11 is 0. The maximum atomic E-state index is 12.0. The van der Waals surface area contributed by atoms with Crippen molar-refractivity contribution in [2.75, 3.05) is 0 Å². The average Bonchev–Trinajstić information content (AvgIpc) is 2.99. The van der Waals surface area contributed by atoms with Gasteiger partial charge in [0, 0.05) is 12.5 Å². The van der Waals surface area contributed by atoms with Crippen molar-refractivity contribution in [3.8, 4) is 0 Å². The third-order valence-electron chi connectivity index (χ3n) is 5.04. The zero-order valence-corrected chi connectivity index (χ0v) is 12.4. The number of carboxylic acid groups (broad SMARTS) is 1. The topological polar surface area (TPSA) is 66.4 Å². The van der Waals surface area contributed by atoms with E-state index in [1.165, 1.54) is 19.3 Å². The van der Waals surface area contributed by atoms with Crippen LogP contribution in [0.3, 0.4) is 0 Å². The molecule has 4 atom stereocenters. The molecule has 0 saturated heterocycles. The maximum absolute atomic E-state index is 12.0. The van der Waals surface area contributed by atoms with Crippen molar-refractivity contribution < 1.29 is 14.7 Å². The lowest BCUT2D eigenvalue weighted by Gasteiger charge is -2.28. The van der Waals surface area contributed by atoms with Crippen molar-refractivity contribution in [1.82, 2.24) is 5.32 Å². The number of nitrogens with one attached hydrogen (secondary N) is 1. The zero-order valence-electron chi connectivity index (χ0n) is 12.4. The van der Waals surface area contributed by atoms with E-state index in [0.717, 1.165) is 32.1 Å². The Kier molecular flexibility index (Phi) is 5.44. The number of carbonyl (C=O) groups excluding carboxylic acids is 1. The molecule has 4 unspecified atom stereocenters. The number of hydrogen-bond donors (Lipinski definition) is 2. The van der Waals surface area contributed by atoms with E-state index < -0.39 is 5.97 Å². The van der Waals surface area contributed by atoms with Gasteiger partial charge < -0.3 is 10.4 Å². The Hall–Kier alpha value is -1.06. The summed E-state index contributed by atoms with van der Waals surface area (Å²) in [5, 5.41) is 12.4. The van der Waals surface area contributed by atoms with Crippen LogP contribution in [-0.2, 0) is 9.59 Å². The molecule has 0 aromatic heterocycles. The molecule has 2 aliphatic carbocycles. The molecule has 114 valence electrons. The van der Waals surface area contributed by atoms with Gasteiger partial charge >= 0.3 is 5.97 Å². The number of aliphatic carboxylic acids is 1. The van der Waals surface area contributed by atoms with E-state index in [-0.39, 0.29) is 23.8 Å². The van der Waals surface area contributed by atoms with Crippen molar-refractivity contribution in [1.29, 1.82) is 0 Å². The molecule has 0 aliphatic heterocycles. The monoisotopic (exact) mass is 281 g/mol. The molecule has 2 N–H and O–H groups in total. The molecule has 1 amide bonds. The first kappa shape index (κ1) is 15.3. The van der Waals surface area contributed by atoms with Crippen molar-refractivity contribution in [2.45, 2.75) is 70.8 Å². The highest BCUT2D eigenvalue weighted by atomic mass is 16.4. The number of fused-ring (bicyclic) bond motifs is 2. The van der Waals surface area contributed by atoms with Crippen molar-refractivity contribution >= 4 is 11.9 Å². The molecule has 0 aromatic rings. The summed E-state index contributed by atoms with van der Waals surface area (Å²) in [6.45, 7) is 2.17. The number of carbonyl (C=O) groups is 2. The SMILES string of the molecule is CCCCCCCC(=O)NC1C2CCC(C2)C1C(=O)O. The Bertz CT molecular complexity index is 356. The fourth-order valence-electron chi connectivity index (χ4n) is 4.00. The van der Waals surface area contributed by atoms with Crippen LogP contribution in [-0.4, -0.2) is 23.0 Å². The van der Waals surface area contributed by atoms with Crippen molar-refractivity contribution in [3.05, 3.63) is 0 Å². The van der Waals surface area contributed by atoms with Crippen LogP contribution < -0.4 is 5.32 Å². The molecule has 2 saturated carbocycles. The minimum atomic E-state index is -0.731. The molecule has 2 rings (SSSR count). The van der Waals surface area contributed by atoms with E-state index in [1.54, 1.807) is 0 Å². The third kappa shape index (κ3) is 3.53. The van der Waals surface area contributed by atoms with Gasteiger partial charge in [0.2, 0.25) is 5.91 Å². The van der Waals surface area contributed by atoms with Crippen LogP contribution in [0.25, 0.3) is 0 Å². The number of carboxylic acids is 1. The second-order valence-electron chi connectivity index (χ2n) is 6.45. The first-order chi connectivity index (χ1) is 9.63. The van der Waals surface area contributed by atoms with Gasteiger partial charge in [-0.2, -0.15) is 0 Å². The van der Waals surface area contributed by atoms with E-state index >= 15 is 0 Å². The average molecular weight is 281 g/mol.